The van der Waals surface area contributed by atoms with Crippen LogP contribution in [0.1, 0.15) is 0 Å². The lowest BCUT2D eigenvalue weighted by atomic mass is 10.1. The van der Waals surface area contributed by atoms with Gasteiger partial charge in [0.2, 0.25) is 0 Å². The van der Waals surface area contributed by atoms with Gasteiger partial charge in [-0.1, -0.05) is 0 Å². The van der Waals surface area contributed by atoms with Gasteiger partial charge in [0.1, 0.15) is 0 Å². The highest BCUT2D eigenvalue weighted by atomic mass is 127. The molecule has 1 aromatic carbocycles. The summed E-state index contributed by atoms with van der Waals surface area (Å²) in [5, 5.41) is 13.0. The highest BCUT2D eigenvalue weighted by Gasteiger charge is 2.08. The van der Waals surface area contributed by atoms with E-state index in [1.165, 1.54) is 0 Å². The first-order valence-corrected chi connectivity index (χ1v) is 9.26. The fourth-order valence-electron chi connectivity index (χ4n) is 1.85. The van der Waals surface area contributed by atoms with E-state index in [1.807, 2.05) is 22.8 Å². The van der Waals surface area contributed by atoms with Crippen molar-refractivity contribution >= 4 is 45.0 Å². The Morgan fingerprint density at radius 3 is 2.78 bits per heavy atom. The molecular weight excluding hydrogens is 360 g/mol. The van der Waals surface area contributed by atoms with Crippen LogP contribution < -0.4 is 5.73 Å². The van der Waals surface area contributed by atoms with Crippen LogP contribution in [-0.4, -0.2) is 19.7 Å². The molecule has 3 aromatic rings. The number of nitrogen functional groups attached to an aromatic ring is 1. The Balaban J connectivity index is 2.26. The van der Waals surface area contributed by atoms with Crippen molar-refractivity contribution in [2.24, 2.45) is 0 Å². The van der Waals surface area contributed by atoms with Crippen molar-refractivity contribution in [2.75, 3.05) is 5.73 Å². The highest BCUT2D eigenvalue weighted by Crippen LogP contribution is 2.33. The molecule has 3 rings (SSSR count). The first-order chi connectivity index (χ1) is 8.79. The van der Waals surface area contributed by atoms with Crippen molar-refractivity contribution in [3.63, 3.8) is 0 Å². The van der Waals surface area contributed by atoms with Crippen LogP contribution in [0.25, 0.3) is 22.0 Å². The summed E-state index contributed by atoms with van der Waals surface area (Å²) in [5.41, 5.74) is 9.90. The Morgan fingerprint density at radius 2 is 2.06 bits per heavy atom. The van der Waals surface area contributed by atoms with E-state index >= 15 is 0 Å². The monoisotopic (exact) mass is 369 g/mol. The van der Waals surface area contributed by atoms with E-state index in [-0.39, 0.29) is 0 Å². The lowest BCUT2D eigenvalue weighted by molar-refractivity contribution is 1.03. The van der Waals surface area contributed by atoms with Crippen LogP contribution in [0.4, 0.5) is 5.69 Å². The Bertz CT molecular complexity index is 697. The zero-order valence-electron chi connectivity index (χ0n) is 9.21. The number of rotatable bonds is 2. The van der Waals surface area contributed by atoms with E-state index in [4.69, 9.17) is 5.73 Å². The summed E-state index contributed by atoms with van der Waals surface area (Å²) in [4.78, 5) is 0. The third kappa shape index (κ3) is 1.95. The van der Waals surface area contributed by atoms with Crippen LogP contribution in [0, 0.1) is 0 Å². The summed E-state index contributed by atoms with van der Waals surface area (Å²) in [6.07, 6.45) is 5.76. The van der Waals surface area contributed by atoms with E-state index in [1.54, 1.807) is 12.4 Å². The normalized spacial score (nSPS) is 11.6. The summed E-state index contributed by atoms with van der Waals surface area (Å²) in [5.74, 6) is 0. The minimum atomic E-state index is 0.551. The molecule has 2 N–H and O–H groups in total. The average Bonchev–Trinajstić information content (AvgIpc) is 2.83. The minimum Gasteiger partial charge on any atom is -0.398 e. The molecule has 0 spiro atoms. The number of hydrogen-bond donors (Lipinski definition) is 1. The van der Waals surface area contributed by atoms with Gasteiger partial charge in [0.05, 0.1) is 30.5 Å². The van der Waals surface area contributed by atoms with Crippen LogP contribution in [0.2, 0.25) is 0 Å². The number of aromatic nitrogens is 4. The van der Waals surface area contributed by atoms with Crippen LogP contribution in [-0.2, 0) is 0 Å². The summed E-state index contributed by atoms with van der Waals surface area (Å²) < 4.78 is 1.95. The number of anilines is 1. The van der Waals surface area contributed by atoms with E-state index < -0.39 is 0 Å². The van der Waals surface area contributed by atoms with Crippen molar-refractivity contribution in [1.29, 1.82) is 0 Å². The number of nitrogens with two attached hydrogens (primary N) is 1. The third-order valence-corrected chi connectivity index (χ3v) is 4.61. The number of halogens is 1. The molecule has 1 atom stereocenters. The molecule has 0 saturated carbocycles. The van der Waals surface area contributed by atoms with E-state index in [2.05, 4.69) is 43.4 Å². The summed E-state index contributed by atoms with van der Waals surface area (Å²) >= 11 is 2.30. The molecule has 18 heavy (non-hydrogen) atoms. The van der Waals surface area contributed by atoms with Gasteiger partial charge in [-0.25, -0.2) is 4.45 Å². The van der Waals surface area contributed by atoms with Crippen molar-refractivity contribution in [1.82, 2.24) is 19.7 Å². The molecule has 1 unspecified atom stereocenters. The third-order valence-electron chi connectivity index (χ3n) is 2.72. The van der Waals surface area contributed by atoms with Gasteiger partial charge in [0.15, 0.2) is 0 Å². The molecule has 0 radical (unpaired) electrons. The zero-order valence-corrected chi connectivity index (χ0v) is 12.4. The van der Waals surface area contributed by atoms with Gasteiger partial charge in [-0.3, -0.25) is 0 Å². The standard InChI is InChI=1S/C11H9IN5P/c12-18-17-11-4-8(7-1-2-14-15-5-7)3-10(13)9(11)6-16-17/h1-6,18H,13H2. The molecule has 2 aromatic heterocycles. The smallest absolute Gasteiger partial charge is 0.0756 e. The SMILES string of the molecule is Nc1cc(-c2ccnnc2)cc2c1cnn2PI. The second-order valence-electron chi connectivity index (χ2n) is 3.77. The molecule has 5 nitrogen and oxygen atoms in total. The average molecular weight is 369 g/mol. The summed E-state index contributed by atoms with van der Waals surface area (Å²) in [7, 11) is 0. The van der Waals surface area contributed by atoms with E-state index in [0.29, 0.717) is 6.37 Å². The molecule has 0 bridgehead atoms. The maximum absolute atomic E-state index is 6.07. The van der Waals surface area contributed by atoms with Crippen LogP contribution in [0.3, 0.4) is 0 Å². The van der Waals surface area contributed by atoms with Gasteiger partial charge in [-0.15, -0.1) is 0 Å². The number of hydrogen-bond acceptors (Lipinski definition) is 4. The van der Waals surface area contributed by atoms with Crippen molar-refractivity contribution in [3.8, 4) is 11.1 Å². The molecular formula is C11H9IN5P. The highest BCUT2D eigenvalue weighted by molar-refractivity contribution is 14.2. The quantitative estimate of drug-likeness (QED) is 0.429. The second-order valence-corrected chi connectivity index (χ2v) is 5.81. The van der Waals surface area contributed by atoms with Crippen molar-refractivity contribution in [2.45, 2.75) is 0 Å². The summed E-state index contributed by atoms with van der Waals surface area (Å²) in [6.45, 7) is 0. The van der Waals surface area contributed by atoms with Gasteiger partial charge in [0.25, 0.3) is 0 Å². The predicted octanol–water partition coefficient (Wildman–Crippen LogP) is 2.87. The maximum atomic E-state index is 6.07. The lowest BCUT2D eigenvalue weighted by Crippen LogP contribution is -1.90. The molecule has 0 aliphatic rings. The Labute approximate surface area is 118 Å². The number of benzene rings is 1. The minimum absolute atomic E-state index is 0.551. The Kier molecular flexibility index (Phi) is 3.13. The van der Waals surface area contributed by atoms with Crippen molar-refractivity contribution in [3.05, 3.63) is 36.8 Å². The van der Waals surface area contributed by atoms with Gasteiger partial charge in [-0.05, 0) is 45.8 Å². The lowest BCUT2D eigenvalue weighted by Gasteiger charge is -2.05. The Morgan fingerprint density at radius 1 is 1.17 bits per heavy atom. The maximum Gasteiger partial charge on any atom is 0.0756 e. The van der Waals surface area contributed by atoms with E-state index in [0.717, 1.165) is 27.7 Å². The first kappa shape index (κ1) is 11.8. The topological polar surface area (TPSA) is 69.6 Å². The molecule has 0 fully saturated rings. The van der Waals surface area contributed by atoms with Gasteiger partial charge >= 0.3 is 0 Å². The number of fused-ring (bicyclic) bond motifs is 1. The predicted molar refractivity (Wildman–Crippen MR) is 82.9 cm³/mol. The fourth-order valence-corrected chi connectivity index (χ4v) is 3.38. The number of nitrogens with zero attached hydrogens (tertiary/aromatic N) is 4. The fraction of sp³-hybridized carbons (Fsp3) is 0. The molecule has 0 saturated heterocycles. The molecule has 0 aliphatic carbocycles. The largest absolute Gasteiger partial charge is 0.398 e. The van der Waals surface area contributed by atoms with Gasteiger partial charge < -0.3 is 5.73 Å². The summed E-state index contributed by atoms with van der Waals surface area (Å²) in [6, 6.07) is 5.95. The molecule has 2 heterocycles. The molecule has 0 amide bonds. The molecule has 7 heteroatoms. The molecule has 0 aliphatic heterocycles. The first-order valence-electron chi connectivity index (χ1n) is 5.20. The van der Waals surface area contributed by atoms with Crippen LogP contribution in [0.5, 0.6) is 0 Å². The molecule has 90 valence electrons. The Hall–Kier alpha value is -1.27. The second kappa shape index (κ2) is 4.78. The van der Waals surface area contributed by atoms with Gasteiger partial charge in [-0.2, -0.15) is 15.3 Å². The van der Waals surface area contributed by atoms with Crippen LogP contribution in [0.15, 0.2) is 36.8 Å². The van der Waals surface area contributed by atoms with Crippen LogP contribution >= 0.6 is 28.4 Å². The van der Waals surface area contributed by atoms with Crippen molar-refractivity contribution < 1.29 is 0 Å². The van der Waals surface area contributed by atoms with E-state index in [9.17, 15) is 0 Å². The zero-order chi connectivity index (χ0) is 12.5. The van der Waals surface area contributed by atoms with Gasteiger partial charge in [0, 0.05) is 16.6 Å².